The van der Waals surface area contributed by atoms with Gasteiger partial charge in [0.15, 0.2) is 6.10 Å². The maximum atomic E-state index is 12.6. The molecule has 0 fully saturated rings. The van der Waals surface area contributed by atoms with Gasteiger partial charge in [0.25, 0.3) is 0 Å². The van der Waals surface area contributed by atoms with Crippen LogP contribution in [0.5, 0.6) is 5.75 Å². The summed E-state index contributed by atoms with van der Waals surface area (Å²) in [7, 11) is 0. The van der Waals surface area contributed by atoms with E-state index >= 15 is 0 Å². The predicted octanol–water partition coefficient (Wildman–Crippen LogP) is 2.55. The van der Waals surface area contributed by atoms with E-state index in [0.29, 0.717) is 18.8 Å². The lowest BCUT2D eigenvalue weighted by Crippen LogP contribution is -2.28. The van der Waals surface area contributed by atoms with Crippen LogP contribution in [0, 0.1) is 5.82 Å². The quantitative estimate of drug-likeness (QED) is 0.724. The first-order chi connectivity index (χ1) is 7.67. The van der Waals surface area contributed by atoms with E-state index in [0.717, 1.165) is 0 Å². The summed E-state index contributed by atoms with van der Waals surface area (Å²) >= 11 is 0. The van der Waals surface area contributed by atoms with Crippen LogP contribution in [0.1, 0.15) is 20.3 Å². The molecule has 0 aromatic heterocycles. The minimum absolute atomic E-state index is 0.322. The lowest BCUT2D eigenvalue weighted by atomic mass is 10.2. The molecule has 1 atom stereocenters. The summed E-state index contributed by atoms with van der Waals surface area (Å²) in [5.41, 5.74) is 0. The van der Waals surface area contributed by atoms with Gasteiger partial charge in [-0.3, -0.25) is 0 Å². The van der Waals surface area contributed by atoms with Gasteiger partial charge in [-0.05, 0) is 37.6 Å². The topological polar surface area (TPSA) is 35.5 Å². The highest BCUT2D eigenvalue weighted by Gasteiger charge is 2.19. The number of hydrogen-bond donors (Lipinski definition) is 0. The van der Waals surface area contributed by atoms with Crippen LogP contribution in [0.3, 0.4) is 0 Å². The molecule has 0 unspecified atom stereocenters. The third-order valence-electron chi connectivity index (χ3n) is 2.01. The summed E-state index contributed by atoms with van der Waals surface area (Å²) in [5.74, 6) is -0.271. The van der Waals surface area contributed by atoms with Gasteiger partial charge < -0.3 is 9.47 Å². The Kier molecular flexibility index (Phi) is 4.76. The highest BCUT2D eigenvalue weighted by molar-refractivity contribution is 5.75. The minimum atomic E-state index is -0.634. The number of carbonyl (C=O) groups is 1. The first-order valence-electron chi connectivity index (χ1n) is 5.26. The Morgan fingerprint density at radius 2 is 1.94 bits per heavy atom. The molecular formula is C12H15FO3. The first kappa shape index (κ1) is 12.5. The Morgan fingerprint density at radius 1 is 1.31 bits per heavy atom. The van der Waals surface area contributed by atoms with Crippen LogP contribution in [0.2, 0.25) is 0 Å². The lowest BCUT2D eigenvalue weighted by Gasteiger charge is -2.15. The van der Waals surface area contributed by atoms with Crippen molar-refractivity contribution in [3.63, 3.8) is 0 Å². The third-order valence-corrected chi connectivity index (χ3v) is 2.01. The molecule has 0 aliphatic carbocycles. The zero-order chi connectivity index (χ0) is 12.0. The van der Waals surface area contributed by atoms with Gasteiger partial charge >= 0.3 is 5.97 Å². The Labute approximate surface area is 94.2 Å². The summed E-state index contributed by atoms with van der Waals surface area (Å²) in [5, 5.41) is 0. The molecule has 4 heteroatoms. The average Bonchev–Trinajstić information content (AvgIpc) is 2.28. The molecule has 0 radical (unpaired) electrons. The maximum Gasteiger partial charge on any atom is 0.347 e. The smallest absolute Gasteiger partial charge is 0.347 e. The second-order valence-electron chi connectivity index (χ2n) is 3.22. The average molecular weight is 226 g/mol. The maximum absolute atomic E-state index is 12.6. The van der Waals surface area contributed by atoms with Gasteiger partial charge in [-0.25, -0.2) is 9.18 Å². The molecule has 16 heavy (non-hydrogen) atoms. The van der Waals surface area contributed by atoms with Crippen LogP contribution in [-0.2, 0) is 9.53 Å². The molecule has 1 rings (SSSR count). The molecule has 0 spiro atoms. The van der Waals surface area contributed by atoms with Crippen molar-refractivity contribution in [1.82, 2.24) is 0 Å². The zero-order valence-electron chi connectivity index (χ0n) is 9.40. The van der Waals surface area contributed by atoms with Gasteiger partial charge in [0, 0.05) is 0 Å². The molecular weight excluding hydrogens is 211 g/mol. The number of hydrogen-bond acceptors (Lipinski definition) is 3. The van der Waals surface area contributed by atoms with Crippen molar-refractivity contribution >= 4 is 5.97 Å². The highest BCUT2D eigenvalue weighted by atomic mass is 19.1. The van der Waals surface area contributed by atoms with Crippen molar-refractivity contribution in [2.45, 2.75) is 26.4 Å². The largest absolute Gasteiger partial charge is 0.479 e. The van der Waals surface area contributed by atoms with Gasteiger partial charge in [-0.1, -0.05) is 6.92 Å². The summed E-state index contributed by atoms with van der Waals surface area (Å²) in [6, 6.07) is 5.54. The molecule has 3 nitrogen and oxygen atoms in total. The molecule has 0 N–H and O–H groups in total. The van der Waals surface area contributed by atoms with Crippen LogP contribution >= 0.6 is 0 Å². The van der Waals surface area contributed by atoms with Crippen LogP contribution < -0.4 is 4.74 Å². The Bertz CT molecular complexity index is 335. The van der Waals surface area contributed by atoms with E-state index < -0.39 is 12.1 Å². The van der Waals surface area contributed by atoms with Crippen LogP contribution in [0.25, 0.3) is 0 Å². The standard InChI is InChI=1S/C12H15FO3/c1-3-11(12(14)15-4-2)16-10-7-5-9(13)6-8-10/h5-8,11H,3-4H2,1-2H3/t11-/m1/s1. The van der Waals surface area contributed by atoms with Gasteiger partial charge in [0.1, 0.15) is 11.6 Å². The van der Waals surface area contributed by atoms with Gasteiger partial charge in [-0.2, -0.15) is 0 Å². The SMILES string of the molecule is CCOC(=O)[C@@H](CC)Oc1ccc(F)cc1. The first-order valence-corrected chi connectivity index (χ1v) is 5.26. The van der Waals surface area contributed by atoms with Crippen LogP contribution in [0.15, 0.2) is 24.3 Å². The molecule has 0 heterocycles. The number of ether oxygens (including phenoxy) is 2. The van der Waals surface area contributed by atoms with Gasteiger partial charge in [-0.15, -0.1) is 0 Å². The summed E-state index contributed by atoms with van der Waals surface area (Å²) in [6.45, 7) is 3.88. The fraction of sp³-hybridized carbons (Fsp3) is 0.417. The highest BCUT2D eigenvalue weighted by Crippen LogP contribution is 2.14. The van der Waals surface area contributed by atoms with E-state index in [-0.39, 0.29) is 5.82 Å². The van der Waals surface area contributed by atoms with Crippen LogP contribution in [-0.4, -0.2) is 18.7 Å². The second-order valence-corrected chi connectivity index (χ2v) is 3.22. The van der Waals surface area contributed by atoms with Gasteiger partial charge in [0.2, 0.25) is 0 Å². The van der Waals surface area contributed by atoms with Crippen molar-refractivity contribution in [2.75, 3.05) is 6.61 Å². The van der Waals surface area contributed by atoms with E-state index in [4.69, 9.17) is 9.47 Å². The van der Waals surface area contributed by atoms with Crippen LogP contribution in [0.4, 0.5) is 4.39 Å². The Balaban J connectivity index is 2.62. The Hall–Kier alpha value is -1.58. The molecule has 0 saturated heterocycles. The number of rotatable bonds is 5. The number of benzene rings is 1. The molecule has 1 aromatic rings. The number of halogens is 1. The molecule has 1 aromatic carbocycles. The van der Waals surface area contributed by atoms with Gasteiger partial charge in [0.05, 0.1) is 6.61 Å². The molecule has 0 aliphatic heterocycles. The number of esters is 1. The van der Waals surface area contributed by atoms with Crippen molar-refractivity contribution in [3.8, 4) is 5.75 Å². The lowest BCUT2D eigenvalue weighted by molar-refractivity contribution is -0.151. The number of carbonyl (C=O) groups excluding carboxylic acids is 1. The predicted molar refractivity (Wildman–Crippen MR) is 57.7 cm³/mol. The van der Waals surface area contributed by atoms with E-state index in [9.17, 15) is 9.18 Å². The second kappa shape index (κ2) is 6.10. The molecule has 0 bridgehead atoms. The summed E-state index contributed by atoms with van der Waals surface area (Å²) in [4.78, 5) is 11.4. The molecule has 0 amide bonds. The monoisotopic (exact) mass is 226 g/mol. The molecule has 0 aliphatic rings. The van der Waals surface area contributed by atoms with E-state index in [1.165, 1.54) is 24.3 Å². The van der Waals surface area contributed by atoms with E-state index in [1.807, 2.05) is 6.92 Å². The molecule has 0 saturated carbocycles. The van der Waals surface area contributed by atoms with Crippen molar-refractivity contribution < 1.29 is 18.7 Å². The summed E-state index contributed by atoms with van der Waals surface area (Å²) < 4.78 is 22.9. The van der Waals surface area contributed by atoms with Crippen molar-refractivity contribution in [1.29, 1.82) is 0 Å². The normalized spacial score (nSPS) is 11.9. The fourth-order valence-corrected chi connectivity index (χ4v) is 1.21. The van der Waals surface area contributed by atoms with Crippen molar-refractivity contribution in [2.24, 2.45) is 0 Å². The zero-order valence-corrected chi connectivity index (χ0v) is 9.40. The third kappa shape index (κ3) is 3.53. The molecule has 88 valence electrons. The fourth-order valence-electron chi connectivity index (χ4n) is 1.21. The summed E-state index contributed by atoms with van der Waals surface area (Å²) in [6.07, 6.45) is -0.124. The Morgan fingerprint density at radius 3 is 2.44 bits per heavy atom. The van der Waals surface area contributed by atoms with E-state index in [2.05, 4.69) is 0 Å². The van der Waals surface area contributed by atoms with E-state index in [1.54, 1.807) is 6.92 Å². The minimum Gasteiger partial charge on any atom is -0.479 e. The van der Waals surface area contributed by atoms with Crippen molar-refractivity contribution in [3.05, 3.63) is 30.1 Å².